The number of hydrogen-bond acceptors (Lipinski definition) is 2. The smallest absolute Gasteiger partial charge is 0.148 e. The second-order valence-electron chi connectivity index (χ2n) is 4.57. The average molecular weight is 323 g/mol. The number of hydrogen-bond donors (Lipinski definition) is 0. The van der Waals surface area contributed by atoms with Gasteiger partial charge < -0.3 is 4.42 Å². The van der Waals surface area contributed by atoms with Crippen LogP contribution in [0.4, 0.5) is 0 Å². The van der Waals surface area contributed by atoms with Gasteiger partial charge in [0, 0.05) is 21.0 Å². The quantitative estimate of drug-likeness (QED) is 0.504. The first-order chi connectivity index (χ1) is 9.60. The number of fused-ring (bicyclic) bond motifs is 1. The van der Waals surface area contributed by atoms with E-state index in [-0.39, 0.29) is 0 Å². The number of benzene rings is 2. The van der Waals surface area contributed by atoms with Crippen LogP contribution in [0, 0.1) is 6.92 Å². The Labute approximate surface area is 131 Å². The molecule has 1 nitrogen and oxygen atoms in total. The van der Waals surface area contributed by atoms with Crippen LogP contribution in [0.3, 0.4) is 0 Å². The van der Waals surface area contributed by atoms with E-state index in [9.17, 15) is 0 Å². The highest BCUT2D eigenvalue weighted by Crippen LogP contribution is 2.41. The fraction of sp³-hybridized carbons (Fsp3) is 0.125. The molecule has 0 saturated heterocycles. The zero-order valence-electron chi connectivity index (χ0n) is 11.0. The number of furan rings is 1. The zero-order valence-corrected chi connectivity index (χ0v) is 13.4. The minimum absolute atomic E-state index is 0.717. The monoisotopic (exact) mass is 322 g/mol. The number of rotatable bonds is 2. The van der Waals surface area contributed by atoms with Crippen LogP contribution in [-0.2, 0) is 0 Å². The topological polar surface area (TPSA) is 13.1 Å². The SMILES string of the molecule is CSc1c(-c2ccc(Cl)cc2)oc2c(C)cc(Cl)cc12. The molecule has 0 N–H and O–H groups in total. The standard InChI is InChI=1S/C16H12Cl2OS/c1-9-7-12(18)8-13-14(9)19-15(16(13)20-2)10-3-5-11(17)6-4-10/h3-8H,1-2H3. The maximum absolute atomic E-state index is 6.16. The summed E-state index contributed by atoms with van der Waals surface area (Å²) in [6.45, 7) is 2.01. The third kappa shape index (κ3) is 2.32. The largest absolute Gasteiger partial charge is 0.455 e. The summed E-state index contributed by atoms with van der Waals surface area (Å²) in [7, 11) is 0. The molecule has 0 radical (unpaired) electrons. The van der Waals surface area contributed by atoms with Gasteiger partial charge in [-0.25, -0.2) is 0 Å². The van der Waals surface area contributed by atoms with E-state index in [1.54, 1.807) is 11.8 Å². The summed E-state index contributed by atoms with van der Waals surface area (Å²) >= 11 is 13.8. The van der Waals surface area contributed by atoms with E-state index in [0.29, 0.717) is 0 Å². The highest BCUT2D eigenvalue weighted by Gasteiger charge is 2.17. The van der Waals surface area contributed by atoms with E-state index >= 15 is 0 Å². The van der Waals surface area contributed by atoms with E-state index in [4.69, 9.17) is 27.6 Å². The molecule has 0 unspecified atom stereocenters. The fourth-order valence-corrected chi connectivity index (χ4v) is 3.41. The van der Waals surface area contributed by atoms with E-state index < -0.39 is 0 Å². The van der Waals surface area contributed by atoms with Gasteiger partial charge in [-0.3, -0.25) is 0 Å². The van der Waals surface area contributed by atoms with Gasteiger partial charge in [0.05, 0.1) is 4.90 Å². The van der Waals surface area contributed by atoms with Crippen molar-refractivity contribution in [2.75, 3.05) is 6.26 Å². The molecule has 20 heavy (non-hydrogen) atoms. The predicted molar refractivity (Wildman–Crippen MR) is 88.2 cm³/mol. The molecule has 0 aliphatic heterocycles. The minimum atomic E-state index is 0.717. The minimum Gasteiger partial charge on any atom is -0.455 e. The Hall–Kier alpha value is -1.09. The molecule has 0 fully saturated rings. The Morgan fingerprint density at radius 2 is 1.70 bits per heavy atom. The molecule has 3 aromatic rings. The van der Waals surface area contributed by atoms with Crippen molar-refractivity contribution in [2.45, 2.75) is 11.8 Å². The van der Waals surface area contributed by atoms with Crippen molar-refractivity contribution in [1.82, 2.24) is 0 Å². The highest BCUT2D eigenvalue weighted by molar-refractivity contribution is 7.99. The summed E-state index contributed by atoms with van der Waals surface area (Å²) in [5.74, 6) is 0.870. The first kappa shape index (κ1) is 13.9. The summed E-state index contributed by atoms with van der Waals surface area (Å²) in [4.78, 5) is 1.10. The molecule has 0 amide bonds. The maximum atomic E-state index is 6.16. The van der Waals surface area contributed by atoms with Gasteiger partial charge in [-0.05, 0) is 55.1 Å². The number of halogens is 2. The van der Waals surface area contributed by atoms with Crippen LogP contribution in [0.1, 0.15) is 5.56 Å². The summed E-state index contributed by atoms with van der Waals surface area (Å²) in [6.07, 6.45) is 2.04. The molecular formula is C16H12Cl2OS. The van der Waals surface area contributed by atoms with Crippen LogP contribution in [0.15, 0.2) is 45.7 Å². The molecule has 0 saturated carbocycles. The summed E-state index contributed by atoms with van der Waals surface area (Å²) in [5.41, 5.74) is 2.96. The van der Waals surface area contributed by atoms with Gasteiger partial charge in [0.15, 0.2) is 0 Å². The van der Waals surface area contributed by atoms with E-state index in [1.165, 1.54) is 0 Å². The molecule has 0 spiro atoms. The Kier molecular flexibility index (Phi) is 3.72. The van der Waals surface area contributed by atoms with Gasteiger partial charge in [-0.15, -0.1) is 11.8 Å². The second kappa shape index (κ2) is 5.36. The van der Waals surface area contributed by atoms with Crippen molar-refractivity contribution in [2.24, 2.45) is 0 Å². The van der Waals surface area contributed by atoms with Crippen LogP contribution in [0.5, 0.6) is 0 Å². The molecule has 1 heterocycles. The third-order valence-corrected chi connectivity index (χ3v) is 4.49. The first-order valence-electron chi connectivity index (χ1n) is 6.12. The lowest BCUT2D eigenvalue weighted by molar-refractivity contribution is 0.622. The molecular weight excluding hydrogens is 311 g/mol. The van der Waals surface area contributed by atoms with Crippen LogP contribution >= 0.6 is 35.0 Å². The first-order valence-corrected chi connectivity index (χ1v) is 8.11. The van der Waals surface area contributed by atoms with Crippen LogP contribution in [0.2, 0.25) is 10.0 Å². The van der Waals surface area contributed by atoms with E-state index in [1.807, 2.05) is 49.6 Å². The summed E-state index contributed by atoms with van der Waals surface area (Å²) < 4.78 is 6.08. The van der Waals surface area contributed by atoms with E-state index in [2.05, 4.69) is 0 Å². The van der Waals surface area contributed by atoms with Gasteiger partial charge in [0.2, 0.25) is 0 Å². The summed E-state index contributed by atoms with van der Waals surface area (Å²) in [6, 6.07) is 11.6. The predicted octanol–water partition coefficient (Wildman–Crippen LogP) is 6.44. The van der Waals surface area contributed by atoms with Crippen molar-refractivity contribution in [1.29, 1.82) is 0 Å². The lowest BCUT2D eigenvalue weighted by atomic mass is 10.1. The lowest BCUT2D eigenvalue weighted by Crippen LogP contribution is -1.77. The van der Waals surface area contributed by atoms with Crippen molar-refractivity contribution in [3.8, 4) is 11.3 Å². The molecule has 1 aromatic heterocycles. The molecule has 2 aromatic carbocycles. The highest BCUT2D eigenvalue weighted by atomic mass is 35.5. The zero-order chi connectivity index (χ0) is 14.3. The molecule has 0 aliphatic rings. The Morgan fingerprint density at radius 3 is 2.35 bits per heavy atom. The maximum Gasteiger partial charge on any atom is 0.148 e. The molecule has 0 bridgehead atoms. The van der Waals surface area contributed by atoms with E-state index in [0.717, 1.165) is 42.8 Å². The average Bonchev–Trinajstić information content (AvgIpc) is 2.78. The second-order valence-corrected chi connectivity index (χ2v) is 6.26. The van der Waals surface area contributed by atoms with Crippen LogP contribution in [0.25, 0.3) is 22.3 Å². The van der Waals surface area contributed by atoms with Gasteiger partial charge in [0.1, 0.15) is 11.3 Å². The van der Waals surface area contributed by atoms with Gasteiger partial charge >= 0.3 is 0 Å². The van der Waals surface area contributed by atoms with Crippen molar-refractivity contribution in [3.63, 3.8) is 0 Å². The number of aryl methyl sites for hydroxylation is 1. The van der Waals surface area contributed by atoms with Gasteiger partial charge in [0.25, 0.3) is 0 Å². The van der Waals surface area contributed by atoms with Crippen molar-refractivity contribution < 1.29 is 4.42 Å². The van der Waals surface area contributed by atoms with Gasteiger partial charge in [-0.1, -0.05) is 23.2 Å². The molecule has 3 rings (SSSR count). The number of thioether (sulfide) groups is 1. The Balaban J connectivity index is 2.30. The molecule has 4 heteroatoms. The van der Waals surface area contributed by atoms with Crippen LogP contribution < -0.4 is 0 Å². The molecule has 0 atom stereocenters. The van der Waals surface area contributed by atoms with Crippen molar-refractivity contribution >= 4 is 45.9 Å². The molecule has 0 aliphatic carbocycles. The Morgan fingerprint density at radius 1 is 1.00 bits per heavy atom. The summed E-state index contributed by atoms with van der Waals surface area (Å²) in [5, 5.41) is 2.51. The van der Waals surface area contributed by atoms with Crippen molar-refractivity contribution in [3.05, 3.63) is 52.0 Å². The van der Waals surface area contributed by atoms with Gasteiger partial charge in [-0.2, -0.15) is 0 Å². The lowest BCUT2D eigenvalue weighted by Gasteiger charge is -2.00. The molecule has 102 valence electrons. The Bertz CT molecular complexity index is 775. The van der Waals surface area contributed by atoms with Crippen LogP contribution in [-0.4, -0.2) is 6.26 Å². The third-order valence-electron chi connectivity index (χ3n) is 3.20. The normalized spacial score (nSPS) is 11.2. The fourth-order valence-electron chi connectivity index (χ4n) is 2.30.